The largest absolute Gasteiger partial charge is 0.452 e. The van der Waals surface area contributed by atoms with E-state index in [4.69, 9.17) is 4.74 Å². The molecule has 1 aliphatic carbocycles. The molecule has 0 amide bonds. The van der Waals surface area contributed by atoms with Crippen LogP contribution < -0.4 is 9.64 Å². The number of ether oxygens (including phenoxy) is 1. The van der Waals surface area contributed by atoms with Crippen molar-refractivity contribution in [2.75, 3.05) is 4.90 Å². The van der Waals surface area contributed by atoms with Crippen molar-refractivity contribution >= 4 is 11.5 Å². The van der Waals surface area contributed by atoms with Crippen molar-refractivity contribution in [3.05, 3.63) is 70.3 Å². The summed E-state index contributed by atoms with van der Waals surface area (Å²) in [4.78, 5) is 7.01. The van der Waals surface area contributed by atoms with Gasteiger partial charge in [-0.1, -0.05) is 38.5 Å². The Labute approximate surface area is 162 Å². The fourth-order valence-electron chi connectivity index (χ4n) is 3.99. The number of rotatable bonds is 1. The summed E-state index contributed by atoms with van der Waals surface area (Å²) in [6.07, 6.45) is 6.04. The van der Waals surface area contributed by atoms with Gasteiger partial charge in [-0.25, -0.2) is 4.98 Å². The smallest absolute Gasteiger partial charge is 0.181 e. The molecular formula is C24H28N2O. The summed E-state index contributed by atoms with van der Waals surface area (Å²) in [5.74, 6) is 2.66. The van der Waals surface area contributed by atoms with Crippen molar-refractivity contribution in [3.8, 4) is 5.75 Å². The Hall–Kier alpha value is -2.55. The van der Waals surface area contributed by atoms with E-state index >= 15 is 0 Å². The molecule has 0 fully saturated rings. The molecule has 0 bridgehead atoms. The molecule has 0 N–H and O–H groups in total. The molecule has 0 saturated heterocycles. The molecule has 0 atom stereocenters. The molecule has 1 aromatic carbocycles. The van der Waals surface area contributed by atoms with Crippen LogP contribution in [-0.4, -0.2) is 4.98 Å². The minimum absolute atomic E-state index is 0.129. The number of anilines is 2. The standard InChI is InChI=1S/C24H28N2O/c1-15-9-10-19-21(12-15)27-20-8-7-11-25-23(20)26(19)22-16(2)13-18(14-17(22)3)24(4,5)6/h7-8,11-14H,9-10H2,1-6H3. The lowest BCUT2D eigenvalue weighted by atomic mass is 9.84. The summed E-state index contributed by atoms with van der Waals surface area (Å²) in [6.45, 7) is 13.4. The van der Waals surface area contributed by atoms with Crippen LogP contribution in [-0.2, 0) is 5.41 Å². The minimum atomic E-state index is 0.129. The molecule has 2 aliphatic rings. The normalized spacial score (nSPS) is 16.5. The summed E-state index contributed by atoms with van der Waals surface area (Å²) in [6, 6.07) is 8.59. The monoisotopic (exact) mass is 360 g/mol. The quantitative estimate of drug-likeness (QED) is 0.582. The van der Waals surface area contributed by atoms with Crippen LogP contribution >= 0.6 is 0 Å². The van der Waals surface area contributed by atoms with Crippen LogP contribution in [0.15, 0.2) is 53.6 Å². The Morgan fingerprint density at radius 3 is 2.41 bits per heavy atom. The van der Waals surface area contributed by atoms with E-state index in [0.29, 0.717) is 0 Å². The number of allylic oxidation sites excluding steroid dienone is 3. The van der Waals surface area contributed by atoms with Gasteiger partial charge < -0.3 is 4.74 Å². The Morgan fingerprint density at radius 2 is 1.74 bits per heavy atom. The third-order valence-corrected chi connectivity index (χ3v) is 5.45. The van der Waals surface area contributed by atoms with Crippen LogP contribution in [0.1, 0.15) is 57.2 Å². The molecule has 1 aliphatic heterocycles. The molecule has 1 aromatic heterocycles. The summed E-state index contributed by atoms with van der Waals surface area (Å²) in [7, 11) is 0. The van der Waals surface area contributed by atoms with E-state index in [1.54, 1.807) is 0 Å². The molecule has 0 unspecified atom stereocenters. The molecular weight excluding hydrogens is 332 g/mol. The van der Waals surface area contributed by atoms with Crippen molar-refractivity contribution < 1.29 is 4.74 Å². The molecule has 0 saturated carbocycles. The predicted octanol–water partition coefficient (Wildman–Crippen LogP) is 6.48. The van der Waals surface area contributed by atoms with Crippen LogP contribution in [0.5, 0.6) is 5.75 Å². The lowest BCUT2D eigenvalue weighted by Gasteiger charge is -2.37. The Balaban J connectivity index is 1.94. The summed E-state index contributed by atoms with van der Waals surface area (Å²) < 4.78 is 6.21. The van der Waals surface area contributed by atoms with Gasteiger partial charge in [0.15, 0.2) is 11.6 Å². The number of nitrogens with zero attached hydrogens (tertiary/aromatic N) is 2. The van der Waals surface area contributed by atoms with Crippen LogP contribution in [0.2, 0.25) is 0 Å². The fraction of sp³-hybridized carbons (Fsp3) is 0.375. The van der Waals surface area contributed by atoms with Crippen molar-refractivity contribution in [1.29, 1.82) is 0 Å². The molecule has 3 nitrogen and oxygen atoms in total. The van der Waals surface area contributed by atoms with Crippen LogP contribution in [0, 0.1) is 13.8 Å². The van der Waals surface area contributed by atoms with Gasteiger partial charge >= 0.3 is 0 Å². The van der Waals surface area contributed by atoms with Crippen molar-refractivity contribution in [1.82, 2.24) is 4.98 Å². The highest BCUT2D eigenvalue weighted by Crippen LogP contribution is 2.46. The molecule has 2 aromatic rings. The van der Waals surface area contributed by atoms with Gasteiger partial charge in [-0.05, 0) is 73.9 Å². The maximum Gasteiger partial charge on any atom is 0.181 e. The van der Waals surface area contributed by atoms with Gasteiger partial charge in [-0.15, -0.1) is 0 Å². The highest BCUT2D eigenvalue weighted by molar-refractivity contribution is 5.78. The zero-order chi connectivity index (χ0) is 19.3. The van der Waals surface area contributed by atoms with Gasteiger partial charge in [0, 0.05) is 6.20 Å². The summed E-state index contributed by atoms with van der Waals surface area (Å²) in [5, 5.41) is 0. The SMILES string of the molecule is CC1=CC2=C(CC1)N(c1c(C)cc(C(C)(C)C)cc1C)c1ncccc1O2. The minimum Gasteiger partial charge on any atom is -0.452 e. The first kappa shape index (κ1) is 17.8. The van der Waals surface area contributed by atoms with Gasteiger partial charge in [0.1, 0.15) is 5.76 Å². The second-order valence-electron chi connectivity index (χ2n) is 8.77. The van der Waals surface area contributed by atoms with Crippen molar-refractivity contribution in [2.45, 2.75) is 59.8 Å². The van der Waals surface area contributed by atoms with Crippen LogP contribution in [0.25, 0.3) is 0 Å². The highest BCUT2D eigenvalue weighted by Gasteiger charge is 2.32. The third kappa shape index (κ3) is 3.05. The first-order valence-electron chi connectivity index (χ1n) is 9.71. The lowest BCUT2D eigenvalue weighted by Crippen LogP contribution is -2.28. The van der Waals surface area contributed by atoms with Gasteiger partial charge in [0.05, 0.1) is 11.4 Å². The number of aryl methyl sites for hydroxylation is 2. The zero-order valence-electron chi connectivity index (χ0n) is 17.2. The number of pyridine rings is 1. The molecule has 4 rings (SSSR count). The molecule has 0 spiro atoms. The molecule has 140 valence electrons. The first-order chi connectivity index (χ1) is 12.8. The zero-order valence-corrected chi connectivity index (χ0v) is 17.2. The second-order valence-corrected chi connectivity index (χ2v) is 8.77. The number of fused-ring (bicyclic) bond motifs is 1. The van der Waals surface area contributed by atoms with Gasteiger partial charge in [-0.2, -0.15) is 0 Å². The number of aromatic nitrogens is 1. The molecule has 0 radical (unpaired) electrons. The van der Waals surface area contributed by atoms with Crippen molar-refractivity contribution in [2.24, 2.45) is 0 Å². The number of benzene rings is 1. The van der Waals surface area contributed by atoms with Crippen molar-refractivity contribution in [3.63, 3.8) is 0 Å². The van der Waals surface area contributed by atoms with E-state index < -0.39 is 0 Å². The first-order valence-corrected chi connectivity index (χ1v) is 9.71. The average Bonchev–Trinajstić information content (AvgIpc) is 2.59. The van der Waals surface area contributed by atoms with Gasteiger partial charge in [-0.3, -0.25) is 4.90 Å². The Kier molecular flexibility index (Phi) is 4.14. The summed E-state index contributed by atoms with van der Waals surface area (Å²) >= 11 is 0. The topological polar surface area (TPSA) is 25.4 Å². The van der Waals surface area contributed by atoms with E-state index in [2.05, 4.69) is 69.6 Å². The van der Waals surface area contributed by atoms with E-state index in [1.165, 1.54) is 33.6 Å². The van der Waals surface area contributed by atoms with Gasteiger partial charge in [0.25, 0.3) is 0 Å². The molecule has 27 heavy (non-hydrogen) atoms. The second kappa shape index (κ2) is 6.26. The van der Waals surface area contributed by atoms with Crippen LogP contribution in [0.3, 0.4) is 0 Å². The maximum absolute atomic E-state index is 6.21. The molecule has 3 heteroatoms. The Bertz CT molecular complexity index is 953. The van der Waals surface area contributed by atoms with E-state index in [0.717, 1.165) is 30.2 Å². The molecule has 2 heterocycles. The van der Waals surface area contributed by atoms with Gasteiger partial charge in [0.2, 0.25) is 0 Å². The Morgan fingerprint density at radius 1 is 1.04 bits per heavy atom. The fourth-order valence-corrected chi connectivity index (χ4v) is 3.99. The summed E-state index contributed by atoms with van der Waals surface area (Å²) in [5.41, 5.74) is 7.84. The van der Waals surface area contributed by atoms with E-state index in [-0.39, 0.29) is 5.41 Å². The van der Waals surface area contributed by atoms with E-state index in [9.17, 15) is 0 Å². The highest BCUT2D eigenvalue weighted by atomic mass is 16.5. The predicted molar refractivity (Wildman–Crippen MR) is 112 cm³/mol. The van der Waals surface area contributed by atoms with E-state index in [1.807, 2.05) is 18.3 Å². The lowest BCUT2D eigenvalue weighted by molar-refractivity contribution is 0.416. The third-order valence-electron chi connectivity index (χ3n) is 5.45. The average molecular weight is 361 g/mol. The number of hydrogen-bond donors (Lipinski definition) is 0. The maximum atomic E-state index is 6.21. The van der Waals surface area contributed by atoms with Crippen LogP contribution in [0.4, 0.5) is 11.5 Å². The number of hydrogen-bond acceptors (Lipinski definition) is 3.